The van der Waals surface area contributed by atoms with Gasteiger partial charge in [-0.1, -0.05) is 20.8 Å². The van der Waals surface area contributed by atoms with Crippen molar-refractivity contribution in [2.24, 2.45) is 0 Å². The first-order chi connectivity index (χ1) is 10.3. The summed E-state index contributed by atoms with van der Waals surface area (Å²) in [5, 5.41) is -0.101. The maximum absolute atomic E-state index is 14.6. The molecule has 8 heteroatoms. The average Bonchev–Trinajstić information content (AvgIpc) is 2.69. The van der Waals surface area contributed by atoms with Crippen molar-refractivity contribution in [1.82, 2.24) is 0 Å². The number of thiophene rings is 1. The summed E-state index contributed by atoms with van der Waals surface area (Å²) in [7, 11) is -5.73. The van der Waals surface area contributed by atoms with Gasteiger partial charge in [0.1, 0.15) is 15.8 Å². The van der Waals surface area contributed by atoms with Crippen LogP contribution >= 0.6 is 27.3 Å². The summed E-state index contributed by atoms with van der Waals surface area (Å²) in [5.41, 5.74) is 1.27. The van der Waals surface area contributed by atoms with Gasteiger partial charge < -0.3 is 4.43 Å². The first kappa shape index (κ1) is 19.1. The largest absolute Gasteiger partial charge is 0.541 e. The first-order valence-electron chi connectivity index (χ1n) is 7.35. The third-order valence-electron chi connectivity index (χ3n) is 4.49. The van der Waals surface area contributed by atoms with Crippen LogP contribution in [0.25, 0.3) is 5.76 Å². The van der Waals surface area contributed by atoms with Crippen LogP contribution in [0.1, 0.15) is 38.3 Å². The summed E-state index contributed by atoms with van der Waals surface area (Å²) in [6, 6.07) is 0. The molecule has 1 heterocycles. The molecule has 2 rings (SSSR count). The molecule has 1 aliphatic carbocycles. The van der Waals surface area contributed by atoms with E-state index in [0.29, 0.717) is 12.0 Å². The summed E-state index contributed by atoms with van der Waals surface area (Å²) in [5.74, 6) is -0.210. The van der Waals surface area contributed by atoms with Gasteiger partial charge in [-0.15, -0.1) is 11.3 Å². The first-order valence-corrected chi connectivity index (χ1v) is 13.8. The molecule has 3 nitrogen and oxygen atoms in total. The van der Waals surface area contributed by atoms with Crippen molar-refractivity contribution in [2.75, 3.05) is 6.26 Å². The highest BCUT2D eigenvalue weighted by atomic mass is 79.9. The second kappa shape index (κ2) is 5.96. The molecule has 0 amide bonds. The molecule has 0 aliphatic heterocycles. The van der Waals surface area contributed by atoms with Crippen molar-refractivity contribution in [3.8, 4) is 0 Å². The number of sulfone groups is 1. The van der Waals surface area contributed by atoms with Crippen LogP contribution < -0.4 is 0 Å². The zero-order chi connectivity index (χ0) is 17.8. The Morgan fingerprint density at radius 2 is 1.83 bits per heavy atom. The van der Waals surface area contributed by atoms with Crippen LogP contribution in [0.5, 0.6) is 0 Å². The lowest BCUT2D eigenvalue weighted by Crippen LogP contribution is -2.40. The topological polar surface area (TPSA) is 43.4 Å². The summed E-state index contributed by atoms with van der Waals surface area (Å²) < 4.78 is 46.0. The van der Waals surface area contributed by atoms with Gasteiger partial charge in [-0.25, -0.2) is 12.8 Å². The Morgan fingerprint density at radius 3 is 2.30 bits per heavy atom. The van der Waals surface area contributed by atoms with Crippen molar-refractivity contribution >= 4 is 51.2 Å². The summed E-state index contributed by atoms with van der Waals surface area (Å²) in [4.78, 5) is 0. The van der Waals surface area contributed by atoms with Crippen molar-refractivity contribution in [2.45, 2.75) is 56.0 Å². The van der Waals surface area contributed by atoms with Crippen LogP contribution in [0.3, 0.4) is 0 Å². The molecule has 0 atom stereocenters. The molecule has 1 aromatic heterocycles. The van der Waals surface area contributed by atoms with Crippen molar-refractivity contribution < 1.29 is 17.2 Å². The fourth-order valence-electron chi connectivity index (χ4n) is 2.13. The Kier molecular flexibility index (Phi) is 4.96. The Hall–Kier alpha value is -0.183. The van der Waals surface area contributed by atoms with Crippen LogP contribution in [-0.4, -0.2) is 23.0 Å². The van der Waals surface area contributed by atoms with E-state index in [-0.39, 0.29) is 27.3 Å². The molecule has 0 bridgehead atoms. The Morgan fingerprint density at radius 1 is 1.26 bits per heavy atom. The molecular formula is C15H22BrFO3S2Si. The molecule has 0 aromatic carbocycles. The standard InChI is InChI=1S/C15H22BrFO3S2Si/c1-15(2,3)23(5,6)20-12-10(17)8-7-9-11(12)14(21-13(9)16)22(4,18)19/h7-8H2,1-6H3. The summed E-state index contributed by atoms with van der Waals surface area (Å²) in [6.07, 6.45) is 1.88. The fourth-order valence-corrected chi connectivity index (χ4v) is 6.61. The number of halogens is 2. The highest BCUT2D eigenvalue weighted by molar-refractivity contribution is 9.11. The van der Waals surface area contributed by atoms with Gasteiger partial charge in [0.25, 0.3) is 8.32 Å². The zero-order valence-corrected chi connectivity index (χ0v) is 18.4. The number of hydrogen-bond donors (Lipinski definition) is 0. The van der Waals surface area contributed by atoms with Gasteiger partial charge in [0.05, 0.1) is 9.35 Å². The van der Waals surface area contributed by atoms with Crippen LogP contribution in [0.2, 0.25) is 18.1 Å². The van der Waals surface area contributed by atoms with E-state index in [1.807, 2.05) is 13.1 Å². The van der Waals surface area contributed by atoms with E-state index in [0.717, 1.165) is 26.9 Å². The molecular weight excluding hydrogens is 419 g/mol. The van der Waals surface area contributed by atoms with E-state index in [4.69, 9.17) is 4.43 Å². The molecule has 23 heavy (non-hydrogen) atoms. The minimum absolute atomic E-state index is 0.101. The van der Waals surface area contributed by atoms with Gasteiger partial charge in [-0.2, -0.15) is 0 Å². The second-order valence-electron chi connectivity index (χ2n) is 7.39. The van der Waals surface area contributed by atoms with Gasteiger partial charge in [0.15, 0.2) is 9.84 Å². The molecule has 1 aliphatic rings. The lowest BCUT2D eigenvalue weighted by Gasteiger charge is -2.38. The molecule has 0 spiro atoms. The van der Waals surface area contributed by atoms with Gasteiger partial charge >= 0.3 is 0 Å². The normalized spacial score (nSPS) is 16.5. The molecule has 0 N–H and O–H groups in total. The molecule has 130 valence electrons. The van der Waals surface area contributed by atoms with E-state index in [2.05, 4.69) is 36.7 Å². The molecule has 0 fully saturated rings. The quantitative estimate of drug-likeness (QED) is 0.580. The fraction of sp³-hybridized carbons (Fsp3) is 0.600. The van der Waals surface area contributed by atoms with Gasteiger partial charge in [0.2, 0.25) is 0 Å². The van der Waals surface area contributed by atoms with E-state index >= 15 is 0 Å². The lowest BCUT2D eigenvalue weighted by atomic mass is 10.00. The van der Waals surface area contributed by atoms with Gasteiger partial charge in [-0.05, 0) is 46.0 Å². The SMILES string of the molecule is CC(C)(C)[Si](C)(C)OC1=C(F)CCc2c(Br)sc(S(C)(=O)=O)c21. The van der Waals surface area contributed by atoms with Crippen molar-refractivity contribution in [3.63, 3.8) is 0 Å². The van der Waals surface area contributed by atoms with Crippen molar-refractivity contribution in [3.05, 3.63) is 20.7 Å². The number of allylic oxidation sites excluding steroid dienone is 1. The molecule has 0 unspecified atom stereocenters. The van der Waals surface area contributed by atoms with E-state index in [1.165, 1.54) is 0 Å². The van der Waals surface area contributed by atoms with Crippen molar-refractivity contribution in [1.29, 1.82) is 0 Å². The summed E-state index contributed by atoms with van der Waals surface area (Å²) >= 11 is 4.57. The zero-order valence-electron chi connectivity index (χ0n) is 14.2. The minimum atomic E-state index is -3.45. The van der Waals surface area contributed by atoms with E-state index < -0.39 is 18.2 Å². The maximum atomic E-state index is 14.6. The Labute approximate surface area is 151 Å². The van der Waals surface area contributed by atoms with Crippen LogP contribution in [0.15, 0.2) is 13.8 Å². The van der Waals surface area contributed by atoms with E-state index in [9.17, 15) is 12.8 Å². The smallest absolute Gasteiger partial charge is 0.250 e. The summed E-state index contributed by atoms with van der Waals surface area (Å²) in [6.45, 7) is 10.3. The predicted molar refractivity (Wildman–Crippen MR) is 99.8 cm³/mol. The van der Waals surface area contributed by atoms with Crippen LogP contribution in [0, 0.1) is 0 Å². The maximum Gasteiger partial charge on any atom is 0.250 e. The number of fused-ring (bicyclic) bond motifs is 1. The molecule has 0 saturated heterocycles. The third kappa shape index (κ3) is 3.60. The van der Waals surface area contributed by atoms with Gasteiger partial charge in [0, 0.05) is 12.7 Å². The Balaban J connectivity index is 2.64. The number of hydrogen-bond acceptors (Lipinski definition) is 4. The highest BCUT2D eigenvalue weighted by Crippen LogP contribution is 2.48. The Bertz CT molecular complexity index is 773. The third-order valence-corrected chi connectivity index (χ3v) is 12.6. The van der Waals surface area contributed by atoms with Gasteiger partial charge in [-0.3, -0.25) is 0 Å². The molecule has 1 aromatic rings. The van der Waals surface area contributed by atoms with Crippen LogP contribution in [0.4, 0.5) is 4.39 Å². The number of rotatable bonds is 3. The monoisotopic (exact) mass is 440 g/mol. The molecule has 0 saturated carbocycles. The minimum Gasteiger partial charge on any atom is -0.541 e. The predicted octanol–water partition coefficient (Wildman–Crippen LogP) is 5.52. The molecule has 0 radical (unpaired) electrons. The second-order valence-corrected chi connectivity index (χ2v) is 16.7. The average molecular weight is 441 g/mol. The van der Waals surface area contributed by atoms with E-state index in [1.54, 1.807) is 0 Å². The highest BCUT2D eigenvalue weighted by Gasteiger charge is 2.42. The van der Waals surface area contributed by atoms with Crippen LogP contribution in [-0.2, 0) is 20.7 Å². The lowest BCUT2D eigenvalue weighted by molar-refractivity contribution is 0.427.